The molecule has 142 valence electrons. The number of rotatable bonds is 6. The Morgan fingerprint density at radius 3 is 2.36 bits per heavy atom. The summed E-state index contributed by atoms with van der Waals surface area (Å²) in [6.45, 7) is 4.36. The van der Waals surface area contributed by atoms with Crippen LogP contribution in [0.1, 0.15) is 41.3 Å². The number of aromatic nitrogens is 1. The van der Waals surface area contributed by atoms with Crippen molar-refractivity contribution in [3.8, 4) is 0 Å². The van der Waals surface area contributed by atoms with Gasteiger partial charge in [0, 0.05) is 34.8 Å². The molecule has 2 nitrogen and oxygen atoms in total. The molecule has 4 rings (SSSR count). The van der Waals surface area contributed by atoms with E-state index >= 15 is 0 Å². The molecule has 3 aromatic carbocycles. The number of para-hydroxylation sites is 1. The molecule has 28 heavy (non-hydrogen) atoms. The molecule has 0 aliphatic rings. The molecule has 1 heterocycles. The second-order valence-electron chi connectivity index (χ2n) is 7.48. The number of hydrogen-bond donors (Lipinski definition) is 0. The predicted molar refractivity (Wildman–Crippen MR) is 114 cm³/mol. The molecule has 0 amide bonds. The van der Waals surface area contributed by atoms with Crippen molar-refractivity contribution in [3.05, 3.63) is 83.6 Å². The van der Waals surface area contributed by atoms with Crippen LogP contribution in [0.3, 0.4) is 0 Å². The molecule has 0 bridgehead atoms. The maximum atomic E-state index is 13.5. The Morgan fingerprint density at radius 1 is 0.929 bits per heavy atom. The highest BCUT2D eigenvalue weighted by Crippen LogP contribution is 2.29. The fraction of sp³-hybridized carbons (Fsp3) is 0.240. The summed E-state index contributed by atoms with van der Waals surface area (Å²) in [5, 5.41) is 3.04. The molecule has 4 aromatic rings. The van der Waals surface area contributed by atoms with Crippen LogP contribution in [0.25, 0.3) is 21.7 Å². The van der Waals surface area contributed by atoms with E-state index in [1.54, 1.807) is 6.92 Å². The lowest BCUT2D eigenvalue weighted by atomic mass is 9.95. The van der Waals surface area contributed by atoms with Crippen molar-refractivity contribution in [2.24, 2.45) is 0 Å². The zero-order chi connectivity index (χ0) is 19.7. The maximum absolute atomic E-state index is 13.5. The summed E-state index contributed by atoms with van der Waals surface area (Å²) in [5.74, 6) is 0.0324. The maximum Gasteiger partial charge on any atom is 0.195 e. The highest BCUT2D eigenvalue weighted by molar-refractivity contribution is 6.21. The molecular formula is C25H24FNO. The van der Waals surface area contributed by atoms with Crippen LogP contribution in [0, 0.1) is 6.92 Å². The molecule has 1 atom stereocenters. The van der Waals surface area contributed by atoms with Gasteiger partial charge in [0.25, 0.3) is 0 Å². The summed E-state index contributed by atoms with van der Waals surface area (Å²) in [5.41, 5.74) is 3.61. The highest BCUT2D eigenvalue weighted by Gasteiger charge is 2.19. The number of ketones is 1. The van der Waals surface area contributed by atoms with Gasteiger partial charge in [-0.2, -0.15) is 0 Å². The molecule has 0 unspecified atom stereocenters. The van der Waals surface area contributed by atoms with Gasteiger partial charge >= 0.3 is 0 Å². The topological polar surface area (TPSA) is 22.0 Å². The van der Waals surface area contributed by atoms with E-state index < -0.39 is 6.17 Å². The first-order valence-corrected chi connectivity index (χ1v) is 9.81. The Morgan fingerprint density at radius 2 is 1.61 bits per heavy atom. The average molecular weight is 373 g/mol. The average Bonchev–Trinajstić information content (AvgIpc) is 3.07. The van der Waals surface area contributed by atoms with E-state index in [0.29, 0.717) is 18.5 Å². The second-order valence-corrected chi connectivity index (χ2v) is 7.48. The molecule has 0 fully saturated rings. The van der Waals surface area contributed by atoms with Crippen LogP contribution < -0.4 is 0 Å². The van der Waals surface area contributed by atoms with Crippen LogP contribution in [0.15, 0.2) is 66.9 Å². The van der Waals surface area contributed by atoms with Gasteiger partial charge < -0.3 is 4.57 Å². The van der Waals surface area contributed by atoms with E-state index in [4.69, 9.17) is 0 Å². The largest absolute Gasteiger partial charge is 0.347 e. The monoisotopic (exact) mass is 373 g/mol. The number of benzene rings is 3. The van der Waals surface area contributed by atoms with Gasteiger partial charge in [0.2, 0.25) is 0 Å². The quantitative estimate of drug-likeness (QED) is 0.355. The van der Waals surface area contributed by atoms with Gasteiger partial charge in [-0.05, 0) is 49.1 Å². The fourth-order valence-electron chi connectivity index (χ4n) is 3.95. The lowest BCUT2D eigenvalue weighted by Gasteiger charge is -2.08. The van der Waals surface area contributed by atoms with Gasteiger partial charge in [-0.3, -0.25) is 4.79 Å². The molecular weight excluding hydrogens is 349 g/mol. The summed E-state index contributed by atoms with van der Waals surface area (Å²) in [4.78, 5) is 13.5. The third-order valence-electron chi connectivity index (χ3n) is 5.42. The number of nitrogens with zero attached hydrogens (tertiary/aromatic N) is 1. The van der Waals surface area contributed by atoms with Crippen LogP contribution in [0.5, 0.6) is 0 Å². The Balaban J connectivity index is 1.79. The number of halogens is 1. The molecule has 0 radical (unpaired) electrons. The smallest absolute Gasteiger partial charge is 0.195 e. The van der Waals surface area contributed by atoms with E-state index in [0.717, 1.165) is 39.2 Å². The molecule has 0 spiro atoms. The fourth-order valence-corrected chi connectivity index (χ4v) is 3.95. The van der Waals surface area contributed by atoms with Crippen LogP contribution in [0.4, 0.5) is 4.39 Å². The van der Waals surface area contributed by atoms with Crippen LogP contribution in [0.2, 0.25) is 0 Å². The summed E-state index contributed by atoms with van der Waals surface area (Å²) < 4.78 is 15.3. The molecule has 1 aromatic heterocycles. The van der Waals surface area contributed by atoms with E-state index in [2.05, 4.69) is 17.6 Å². The van der Waals surface area contributed by atoms with Crippen molar-refractivity contribution in [3.63, 3.8) is 0 Å². The molecule has 0 aliphatic carbocycles. The molecule has 3 heteroatoms. The number of aryl methyl sites for hydroxylation is 2. The third-order valence-corrected chi connectivity index (χ3v) is 5.42. The molecule has 0 saturated carbocycles. The number of hydrogen-bond acceptors (Lipinski definition) is 1. The summed E-state index contributed by atoms with van der Waals surface area (Å²) in [6.07, 6.45) is 2.40. The van der Waals surface area contributed by atoms with Gasteiger partial charge in [-0.1, -0.05) is 54.6 Å². The van der Waals surface area contributed by atoms with Crippen molar-refractivity contribution in [1.82, 2.24) is 4.57 Å². The highest BCUT2D eigenvalue weighted by atomic mass is 19.1. The van der Waals surface area contributed by atoms with Crippen LogP contribution in [-0.2, 0) is 6.54 Å². The van der Waals surface area contributed by atoms with Crippen molar-refractivity contribution >= 4 is 27.5 Å². The minimum absolute atomic E-state index is 0.0324. The lowest BCUT2D eigenvalue weighted by Crippen LogP contribution is -2.03. The molecule has 0 aliphatic heterocycles. The van der Waals surface area contributed by atoms with E-state index in [-0.39, 0.29) is 5.78 Å². The number of carbonyl (C=O) groups excluding carboxylic acids is 1. The zero-order valence-corrected chi connectivity index (χ0v) is 16.3. The number of fused-ring (bicyclic) bond motifs is 2. The van der Waals surface area contributed by atoms with Gasteiger partial charge in [-0.25, -0.2) is 4.39 Å². The second kappa shape index (κ2) is 7.59. The minimum Gasteiger partial charge on any atom is -0.347 e. The van der Waals surface area contributed by atoms with Crippen molar-refractivity contribution in [1.29, 1.82) is 0 Å². The van der Waals surface area contributed by atoms with E-state index in [1.165, 1.54) is 0 Å². The summed E-state index contributed by atoms with van der Waals surface area (Å²) in [7, 11) is 0. The Kier molecular flexibility index (Phi) is 4.99. The Bertz CT molecular complexity index is 1160. The first-order valence-electron chi connectivity index (χ1n) is 9.81. The van der Waals surface area contributed by atoms with Crippen molar-refractivity contribution in [2.45, 2.75) is 39.4 Å². The summed E-state index contributed by atoms with van der Waals surface area (Å²) in [6, 6.07) is 19.9. The first-order chi connectivity index (χ1) is 13.6. The molecule has 0 saturated heterocycles. The number of alkyl halides is 1. The minimum atomic E-state index is -0.804. The standard InChI is InChI=1S/C25H24FNO/c1-17-13-14-22(20-10-4-3-9-19(17)20)25(28)23-16-27(15-7-8-18(2)26)24-12-6-5-11-21(23)24/h3-6,9-14,16,18H,7-8,15H2,1-2H3/t18-/m1/s1. The third kappa shape index (κ3) is 3.33. The van der Waals surface area contributed by atoms with Crippen LogP contribution >= 0.6 is 0 Å². The van der Waals surface area contributed by atoms with Crippen LogP contribution in [-0.4, -0.2) is 16.5 Å². The first kappa shape index (κ1) is 18.4. The van der Waals surface area contributed by atoms with Crippen molar-refractivity contribution in [2.75, 3.05) is 0 Å². The van der Waals surface area contributed by atoms with Gasteiger partial charge in [0.15, 0.2) is 5.78 Å². The van der Waals surface area contributed by atoms with E-state index in [1.807, 2.05) is 60.8 Å². The normalized spacial score (nSPS) is 12.5. The Labute approximate surface area is 164 Å². The van der Waals surface area contributed by atoms with Crippen molar-refractivity contribution < 1.29 is 9.18 Å². The summed E-state index contributed by atoms with van der Waals surface area (Å²) >= 11 is 0. The Hall–Kier alpha value is -2.94. The number of carbonyl (C=O) groups is 1. The molecule has 0 N–H and O–H groups in total. The lowest BCUT2D eigenvalue weighted by molar-refractivity contribution is 0.104. The predicted octanol–water partition coefficient (Wildman–Crippen LogP) is 6.47. The zero-order valence-electron chi connectivity index (χ0n) is 16.3. The van der Waals surface area contributed by atoms with Gasteiger partial charge in [0.05, 0.1) is 6.17 Å². The van der Waals surface area contributed by atoms with Gasteiger partial charge in [0.1, 0.15) is 0 Å². The van der Waals surface area contributed by atoms with Gasteiger partial charge in [-0.15, -0.1) is 0 Å². The van der Waals surface area contributed by atoms with E-state index in [9.17, 15) is 9.18 Å². The SMILES string of the molecule is Cc1ccc(C(=O)c2cn(CCC[C@@H](C)F)c3ccccc23)c2ccccc12.